The highest BCUT2D eigenvalue weighted by molar-refractivity contribution is 6.06. The molecule has 2 rings (SSSR count). The van der Waals surface area contributed by atoms with Crippen LogP contribution in [0.5, 0.6) is 0 Å². The standard InChI is InChI=1S/C15H10O5/c16-8-13-11(14(17)18)6-10(7-12(13)15(19)20)9-4-2-1-3-5-9/h1-8H,(H,17,18)(H,19,20). The summed E-state index contributed by atoms with van der Waals surface area (Å²) in [5.74, 6) is -2.68. The van der Waals surface area contributed by atoms with Crippen LogP contribution in [0.4, 0.5) is 0 Å². The third kappa shape index (κ3) is 2.42. The van der Waals surface area contributed by atoms with Gasteiger partial charge in [0, 0.05) is 5.56 Å². The lowest BCUT2D eigenvalue weighted by atomic mass is 9.95. The molecule has 0 radical (unpaired) electrons. The van der Waals surface area contributed by atoms with E-state index in [0.29, 0.717) is 11.1 Å². The van der Waals surface area contributed by atoms with Gasteiger partial charge in [0.15, 0.2) is 6.29 Å². The van der Waals surface area contributed by atoms with Crippen LogP contribution in [0.2, 0.25) is 0 Å². The minimum atomic E-state index is -1.34. The highest BCUT2D eigenvalue weighted by atomic mass is 16.4. The zero-order valence-corrected chi connectivity index (χ0v) is 10.2. The fourth-order valence-corrected chi connectivity index (χ4v) is 1.93. The lowest BCUT2D eigenvalue weighted by Gasteiger charge is -2.09. The minimum absolute atomic E-state index is 0.252. The van der Waals surface area contributed by atoms with E-state index in [0.717, 1.165) is 0 Å². The van der Waals surface area contributed by atoms with E-state index in [9.17, 15) is 14.4 Å². The van der Waals surface area contributed by atoms with Gasteiger partial charge in [-0.25, -0.2) is 9.59 Å². The Balaban J connectivity index is 2.76. The van der Waals surface area contributed by atoms with Crippen LogP contribution in [0.1, 0.15) is 31.1 Å². The number of aromatic carboxylic acids is 2. The molecule has 20 heavy (non-hydrogen) atoms. The number of benzene rings is 2. The van der Waals surface area contributed by atoms with Gasteiger partial charge in [0.05, 0.1) is 11.1 Å². The third-order valence-electron chi connectivity index (χ3n) is 2.87. The van der Waals surface area contributed by atoms with Crippen molar-refractivity contribution >= 4 is 18.2 Å². The van der Waals surface area contributed by atoms with E-state index >= 15 is 0 Å². The van der Waals surface area contributed by atoms with Crippen LogP contribution in [-0.4, -0.2) is 28.4 Å². The topological polar surface area (TPSA) is 91.7 Å². The summed E-state index contributed by atoms with van der Waals surface area (Å²) in [5, 5.41) is 18.2. The Morgan fingerprint density at radius 2 is 1.35 bits per heavy atom. The van der Waals surface area contributed by atoms with Gasteiger partial charge in [-0.15, -0.1) is 0 Å². The van der Waals surface area contributed by atoms with Crippen LogP contribution in [0.25, 0.3) is 11.1 Å². The molecule has 2 aromatic rings. The molecule has 2 N–H and O–H groups in total. The number of carbonyl (C=O) groups excluding carboxylic acids is 1. The van der Waals surface area contributed by atoms with E-state index in [1.54, 1.807) is 30.3 Å². The van der Waals surface area contributed by atoms with Crippen LogP contribution in [0, 0.1) is 0 Å². The molecule has 0 aliphatic heterocycles. The van der Waals surface area contributed by atoms with Crippen molar-refractivity contribution in [2.24, 2.45) is 0 Å². The fourth-order valence-electron chi connectivity index (χ4n) is 1.93. The number of aldehydes is 1. The lowest BCUT2D eigenvalue weighted by molar-refractivity contribution is 0.0692. The molecule has 2 aromatic carbocycles. The summed E-state index contributed by atoms with van der Waals surface area (Å²) in [6, 6.07) is 11.4. The van der Waals surface area contributed by atoms with Crippen LogP contribution >= 0.6 is 0 Å². The van der Waals surface area contributed by atoms with Crippen molar-refractivity contribution in [3.63, 3.8) is 0 Å². The van der Waals surface area contributed by atoms with Crippen LogP contribution in [0.15, 0.2) is 42.5 Å². The minimum Gasteiger partial charge on any atom is -0.478 e. The lowest BCUT2D eigenvalue weighted by Crippen LogP contribution is -2.10. The van der Waals surface area contributed by atoms with Crippen molar-refractivity contribution in [3.8, 4) is 11.1 Å². The van der Waals surface area contributed by atoms with E-state index in [1.165, 1.54) is 12.1 Å². The van der Waals surface area contributed by atoms with Crippen molar-refractivity contribution in [1.29, 1.82) is 0 Å². The van der Waals surface area contributed by atoms with Crippen molar-refractivity contribution in [3.05, 3.63) is 59.2 Å². The van der Waals surface area contributed by atoms with Gasteiger partial charge in [0.2, 0.25) is 0 Å². The summed E-state index contributed by atoms with van der Waals surface area (Å²) in [4.78, 5) is 33.4. The van der Waals surface area contributed by atoms with E-state index in [4.69, 9.17) is 10.2 Å². The molecule has 5 heteroatoms. The highest BCUT2D eigenvalue weighted by Crippen LogP contribution is 2.25. The first-order valence-corrected chi connectivity index (χ1v) is 5.70. The van der Waals surface area contributed by atoms with Gasteiger partial charge in [-0.05, 0) is 23.3 Å². The highest BCUT2D eigenvalue weighted by Gasteiger charge is 2.20. The Morgan fingerprint density at radius 3 is 1.75 bits per heavy atom. The molecule has 0 atom stereocenters. The molecule has 0 amide bonds. The zero-order valence-electron chi connectivity index (χ0n) is 10.2. The number of rotatable bonds is 4. The smallest absolute Gasteiger partial charge is 0.336 e. The summed E-state index contributed by atoms with van der Waals surface area (Å²) in [6.45, 7) is 0. The molecule has 0 heterocycles. The molecular weight excluding hydrogens is 260 g/mol. The molecule has 5 nitrogen and oxygen atoms in total. The number of hydrogen-bond donors (Lipinski definition) is 2. The Bertz CT molecular complexity index is 654. The summed E-state index contributed by atoms with van der Waals surface area (Å²) < 4.78 is 0. The third-order valence-corrected chi connectivity index (χ3v) is 2.87. The fraction of sp³-hybridized carbons (Fsp3) is 0. The second-order valence-corrected chi connectivity index (χ2v) is 4.08. The predicted octanol–water partition coefficient (Wildman–Crippen LogP) is 2.56. The van der Waals surface area contributed by atoms with Crippen LogP contribution in [0.3, 0.4) is 0 Å². The number of carboxylic acids is 2. The van der Waals surface area contributed by atoms with Crippen molar-refractivity contribution in [2.75, 3.05) is 0 Å². The van der Waals surface area contributed by atoms with Gasteiger partial charge in [0.1, 0.15) is 0 Å². The Kier molecular flexibility index (Phi) is 3.61. The van der Waals surface area contributed by atoms with Gasteiger partial charge in [0.25, 0.3) is 0 Å². The zero-order chi connectivity index (χ0) is 14.7. The van der Waals surface area contributed by atoms with E-state index in [2.05, 4.69) is 0 Å². The molecule has 0 saturated heterocycles. The number of carboxylic acid groups (broad SMARTS) is 2. The molecule has 0 bridgehead atoms. The quantitative estimate of drug-likeness (QED) is 0.833. The van der Waals surface area contributed by atoms with Crippen molar-refractivity contribution < 1.29 is 24.6 Å². The molecule has 0 fully saturated rings. The maximum Gasteiger partial charge on any atom is 0.336 e. The summed E-state index contributed by atoms with van der Waals surface area (Å²) in [5.41, 5.74) is 0.142. The first-order chi connectivity index (χ1) is 9.54. The summed E-state index contributed by atoms with van der Waals surface area (Å²) in [7, 11) is 0. The molecular formula is C15H10O5. The molecule has 0 aliphatic rings. The van der Waals surface area contributed by atoms with Crippen molar-refractivity contribution in [1.82, 2.24) is 0 Å². The molecule has 100 valence electrons. The molecule has 0 aliphatic carbocycles. The van der Waals surface area contributed by atoms with Gasteiger partial charge in [-0.3, -0.25) is 4.79 Å². The predicted molar refractivity (Wildman–Crippen MR) is 71.2 cm³/mol. The summed E-state index contributed by atoms with van der Waals surface area (Å²) >= 11 is 0. The average Bonchev–Trinajstić information content (AvgIpc) is 2.46. The first kappa shape index (κ1) is 13.5. The largest absolute Gasteiger partial charge is 0.478 e. The SMILES string of the molecule is O=Cc1c(C(=O)O)cc(-c2ccccc2)cc1C(=O)O. The maximum absolute atomic E-state index is 11.2. The van der Waals surface area contributed by atoms with Gasteiger partial charge >= 0.3 is 11.9 Å². The molecule has 0 spiro atoms. The van der Waals surface area contributed by atoms with E-state index in [-0.39, 0.29) is 23.0 Å². The monoisotopic (exact) mass is 270 g/mol. The summed E-state index contributed by atoms with van der Waals surface area (Å²) in [6.07, 6.45) is 0.252. The number of carbonyl (C=O) groups is 3. The van der Waals surface area contributed by atoms with Crippen LogP contribution in [-0.2, 0) is 0 Å². The van der Waals surface area contributed by atoms with Crippen LogP contribution < -0.4 is 0 Å². The Labute approximate surface area is 114 Å². The van der Waals surface area contributed by atoms with E-state index < -0.39 is 11.9 Å². The van der Waals surface area contributed by atoms with Gasteiger partial charge in [-0.2, -0.15) is 0 Å². The first-order valence-electron chi connectivity index (χ1n) is 5.70. The van der Waals surface area contributed by atoms with Gasteiger partial charge < -0.3 is 10.2 Å². The normalized spacial score (nSPS) is 10.0. The molecule has 0 unspecified atom stereocenters. The average molecular weight is 270 g/mol. The van der Waals surface area contributed by atoms with Gasteiger partial charge in [-0.1, -0.05) is 30.3 Å². The second kappa shape index (κ2) is 5.36. The van der Waals surface area contributed by atoms with Crippen molar-refractivity contribution in [2.45, 2.75) is 0 Å². The maximum atomic E-state index is 11.2. The molecule has 0 saturated carbocycles. The Hall–Kier alpha value is -2.95. The Morgan fingerprint density at radius 1 is 0.850 bits per heavy atom. The number of hydrogen-bond acceptors (Lipinski definition) is 3. The van der Waals surface area contributed by atoms with E-state index in [1.807, 2.05) is 0 Å². The molecule has 0 aromatic heterocycles. The second-order valence-electron chi connectivity index (χ2n) is 4.08.